The summed E-state index contributed by atoms with van der Waals surface area (Å²) in [6, 6.07) is 25.5. The van der Waals surface area contributed by atoms with Gasteiger partial charge in [0.25, 0.3) is 16.8 Å². The Morgan fingerprint density at radius 3 is 2.45 bits per heavy atom. The molecule has 9 heteroatoms. The second-order valence-electron chi connectivity index (χ2n) is 8.50. The lowest BCUT2D eigenvalue weighted by atomic mass is 10.0. The van der Waals surface area contributed by atoms with Gasteiger partial charge >= 0.3 is 0 Å². The number of methoxy groups -OCH3 is 1. The highest BCUT2D eigenvalue weighted by Gasteiger charge is 2.36. The Kier molecular flexibility index (Phi) is 7.10. The predicted molar refractivity (Wildman–Crippen MR) is 146 cm³/mol. The topological polar surface area (TPSA) is 99.0 Å². The standard InChI is InChI=1S/C29H22N2O6S/c1-36-25-14-22(24(31(34)35)16-26(25)37-18-19-8-3-2-4-9-19)15-27-28(32)30(29(33)38-27)17-21-12-7-11-20-10-5-6-13-23(20)21/h2-16H,17-18H2,1H3/b27-15-. The first-order valence-electron chi connectivity index (χ1n) is 11.7. The van der Waals surface area contributed by atoms with Crippen LogP contribution in [0.25, 0.3) is 16.8 Å². The van der Waals surface area contributed by atoms with E-state index < -0.39 is 16.1 Å². The fraction of sp³-hybridized carbons (Fsp3) is 0.103. The number of hydrogen-bond acceptors (Lipinski definition) is 7. The largest absolute Gasteiger partial charge is 0.493 e. The third kappa shape index (κ3) is 5.09. The molecular formula is C29H22N2O6S. The lowest BCUT2D eigenvalue weighted by Gasteiger charge is -2.14. The van der Waals surface area contributed by atoms with Crippen LogP contribution in [-0.2, 0) is 17.9 Å². The molecule has 1 aliphatic heterocycles. The Morgan fingerprint density at radius 2 is 1.68 bits per heavy atom. The van der Waals surface area contributed by atoms with Crippen LogP contribution in [0.2, 0.25) is 0 Å². The summed E-state index contributed by atoms with van der Waals surface area (Å²) in [7, 11) is 1.43. The number of fused-ring (bicyclic) bond motifs is 1. The number of carbonyl (C=O) groups excluding carboxylic acids is 2. The minimum absolute atomic E-state index is 0.0957. The van der Waals surface area contributed by atoms with Gasteiger partial charge in [0.05, 0.1) is 35.1 Å². The van der Waals surface area contributed by atoms with Gasteiger partial charge < -0.3 is 9.47 Å². The number of nitro groups is 1. The van der Waals surface area contributed by atoms with Crippen LogP contribution in [0.3, 0.4) is 0 Å². The molecule has 1 heterocycles. The van der Waals surface area contributed by atoms with E-state index in [9.17, 15) is 19.7 Å². The molecule has 0 radical (unpaired) electrons. The van der Waals surface area contributed by atoms with E-state index in [1.165, 1.54) is 25.3 Å². The number of benzene rings is 4. The Hall–Kier alpha value is -4.63. The van der Waals surface area contributed by atoms with Gasteiger partial charge in [-0.1, -0.05) is 72.8 Å². The molecule has 1 fully saturated rings. The Labute approximate surface area is 222 Å². The lowest BCUT2D eigenvalue weighted by molar-refractivity contribution is -0.385. The monoisotopic (exact) mass is 526 g/mol. The van der Waals surface area contributed by atoms with Gasteiger partial charge in [0.1, 0.15) is 6.61 Å². The van der Waals surface area contributed by atoms with Crippen molar-refractivity contribution in [3.63, 3.8) is 0 Å². The first-order valence-corrected chi connectivity index (χ1v) is 12.5. The van der Waals surface area contributed by atoms with E-state index in [2.05, 4.69) is 0 Å². The van der Waals surface area contributed by atoms with Crippen molar-refractivity contribution in [3.8, 4) is 11.5 Å². The summed E-state index contributed by atoms with van der Waals surface area (Å²) >= 11 is 0.751. The fourth-order valence-electron chi connectivity index (χ4n) is 4.22. The van der Waals surface area contributed by atoms with E-state index in [-0.39, 0.29) is 40.8 Å². The van der Waals surface area contributed by atoms with Crippen LogP contribution in [0.1, 0.15) is 16.7 Å². The number of carbonyl (C=O) groups is 2. The molecule has 0 spiro atoms. The fourth-order valence-corrected chi connectivity index (χ4v) is 5.05. The number of rotatable bonds is 8. The molecule has 0 bridgehead atoms. The van der Waals surface area contributed by atoms with Crippen molar-refractivity contribution in [2.75, 3.05) is 7.11 Å². The number of nitro benzene ring substituents is 1. The molecule has 0 saturated carbocycles. The van der Waals surface area contributed by atoms with Crippen molar-refractivity contribution in [2.45, 2.75) is 13.2 Å². The van der Waals surface area contributed by atoms with Crippen molar-refractivity contribution in [2.24, 2.45) is 0 Å². The van der Waals surface area contributed by atoms with E-state index in [0.29, 0.717) is 0 Å². The first kappa shape index (κ1) is 25.0. The van der Waals surface area contributed by atoms with E-state index >= 15 is 0 Å². The zero-order valence-corrected chi connectivity index (χ0v) is 21.1. The number of amides is 2. The van der Waals surface area contributed by atoms with Crippen LogP contribution >= 0.6 is 11.8 Å². The third-order valence-corrected chi connectivity index (χ3v) is 7.02. The van der Waals surface area contributed by atoms with Gasteiger partial charge in [0, 0.05) is 0 Å². The van der Waals surface area contributed by atoms with E-state index in [1.807, 2.05) is 72.8 Å². The van der Waals surface area contributed by atoms with Crippen LogP contribution in [0, 0.1) is 10.1 Å². The van der Waals surface area contributed by atoms with Gasteiger partial charge in [-0.25, -0.2) is 0 Å². The van der Waals surface area contributed by atoms with Gasteiger partial charge in [0.15, 0.2) is 11.5 Å². The van der Waals surface area contributed by atoms with Crippen LogP contribution < -0.4 is 9.47 Å². The highest BCUT2D eigenvalue weighted by Crippen LogP contribution is 2.39. The Balaban J connectivity index is 1.43. The van der Waals surface area contributed by atoms with Crippen LogP contribution in [0.5, 0.6) is 11.5 Å². The number of hydrogen-bond donors (Lipinski definition) is 0. The smallest absolute Gasteiger partial charge is 0.293 e. The maximum atomic E-state index is 13.2. The van der Waals surface area contributed by atoms with Gasteiger partial charge in [-0.2, -0.15) is 0 Å². The SMILES string of the molecule is COc1cc(/C=C2\SC(=O)N(Cc3cccc4ccccc34)C2=O)c([N+](=O)[O-])cc1OCc1ccccc1. The maximum absolute atomic E-state index is 13.2. The molecule has 1 aliphatic rings. The summed E-state index contributed by atoms with van der Waals surface area (Å²) in [5.41, 5.74) is 1.59. The minimum atomic E-state index is -0.555. The second kappa shape index (κ2) is 10.8. The van der Waals surface area contributed by atoms with Crippen molar-refractivity contribution in [1.82, 2.24) is 4.90 Å². The number of nitrogens with zero attached hydrogens (tertiary/aromatic N) is 2. The summed E-state index contributed by atoms with van der Waals surface area (Å²) < 4.78 is 11.2. The summed E-state index contributed by atoms with van der Waals surface area (Å²) in [5.74, 6) is -0.0392. The van der Waals surface area contributed by atoms with E-state index in [4.69, 9.17) is 9.47 Å². The molecule has 0 aliphatic carbocycles. The highest BCUT2D eigenvalue weighted by atomic mass is 32.2. The predicted octanol–water partition coefficient (Wildman–Crippen LogP) is 6.57. The molecule has 2 amide bonds. The zero-order valence-electron chi connectivity index (χ0n) is 20.3. The summed E-state index contributed by atoms with van der Waals surface area (Å²) in [6.07, 6.45) is 1.36. The summed E-state index contributed by atoms with van der Waals surface area (Å²) in [5, 5.41) is 13.4. The lowest BCUT2D eigenvalue weighted by Crippen LogP contribution is -2.27. The molecule has 4 aromatic carbocycles. The normalized spacial score (nSPS) is 14.3. The Bertz CT molecular complexity index is 1580. The van der Waals surface area contributed by atoms with Crippen LogP contribution in [0.4, 0.5) is 10.5 Å². The molecule has 8 nitrogen and oxygen atoms in total. The van der Waals surface area contributed by atoms with Crippen LogP contribution in [0.15, 0.2) is 89.8 Å². The molecule has 0 atom stereocenters. The molecule has 1 saturated heterocycles. The highest BCUT2D eigenvalue weighted by molar-refractivity contribution is 8.18. The average molecular weight is 527 g/mol. The van der Waals surface area contributed by atoms with Crippen molar-refractivity contribution in [3.05, 3.63) is 117 Å². The van der Waals surface area contributed by atoms with Gasteiger partial charge in [-0.05, 0) is 45.8 Å². The molecule has 38 heavy (non-hydrogen) atoms. The van der Waals surface area contributed by atoms with Crippen molar-refractivity contribution in [1.29, 1.82) is 0 Å². The first-order chi connectivity index (χ1) is 18.4. The van der Waals surface area contributed by atoms with Gasteiger partial charge in [-0.15, -0.1) is 0 Å². The number of ether oxygens (including phenoxy) is 2. The average Bonchev–Trinajstić information content (AvgIpc) is 3.19. The van der Waals surface area contributed by atoms with Crippen molar-refractivity contribution < 1.29 is 24.0 Å². The van der Waals surface area contributed by atoms with E-state index in [0.717, 1.165) is 38.6 Å². The van der Waals surface area contributed by atoms with Gasteiger partial charge in [-0.3, -0.25) is 24.6 Å². The molecule has 5 rings (SSSR count). The quantitative estimate of drug-likeness (QED) is 0.145. The minimum Gasteiger partial charge on any atom is -0.493 e. The second-order valence-corrected chi connectivity index (χ2v) is 9.49. The summed E-state index contributed by atoms with van der Waals surface area (Å²) in [6.45, 7) is 0.293. The molecule has 0 unspecified atom stereocenters. The molecule has 0 N–H and O–H groups in total. The van der Waals surface area contributed by atoms with E-state index in [1.54, 1.807) is 0 Å². The molecular weight excluding hydrogens is 504 g/mol. The van der Waals surface area contributed by atoms with Crippen LogP contribution in [-0.4, -0.2) is 28.1 Å². The zero-order chi connectivity index (χ0) is 26.6. The molecule has 4 aromatic rings. The molecule has 190 valence electrons. The summed E-state index contributed by atoms with van der Waals surface area (Å²) in [4.78, 5) is 38.6. The number of thioether (sulfide) groups is 1. The third-order valence-electron chi connectivity index (χ3n) is 6.12. The van der Waals surface area contributed by atoms with Crippen molar-refractivity contribution >= 4 is 45.4 Å². The van der Waals surface area contributed by atoms with Gasteiger partial charge in [0.2, 0.25) is 0 Å². The Morgan fingerprint density at radius 1 is 0.947 bits per heavy atom. The number of imide groups is 1. The molecule has 0 aromatic heterocycles. The maximum Gasteiger partial charge on any atom is 0.293 e.